The Bertz CT molecular complexity index is 1380. The molecule has 0 saturated heterocycles. The zero-order valence-electron chi connectivity index (χ0n) is 18.1. The van der Waals surface area contributed by atoms with Crippen LogP contribution in [0.4, 0.5) is 9.57 Å². The summed E-state index contributed by atoms with van der Waals surface area (Å²) in [5.74, 6) is 0.482. The van der Waals surface area contributed by atoms with Gasteiger partial charge in [0.15, 0.2) is 0 Å². The summed E-state index contributed by atoms with van der Waals surface area (Å²) in [4.78, 5) is 8.71. The predicted molar refractivity (Wildman–Crippen MR) is 127 cm³/mol. The molecule has 2 aromatic rings. The van der Waals surface area contributed by atoms with E-state index in [1.807, 2.05) is 0 Å². The third-order valence-corrected chi connectivity index (χ3v) is 7.19. The van der Waals surface area contributed by atoms with E-state index in [0.29, 0.717) is 5.69 Å². The Hall–Kier alpha value is -2.94. The monoisotopic (exact) mass is 532 g/mol. The standard InChI is InChI=1S/C19H22ClFN6O5S2/c1-19(2)26-17(22)25-18(23)27(19)12-6-7-16(15(20)10-12)32-9-8-24-34(30,31)14-5-3-4-13(11-14)33(21,28)29/h3-7,10-11,24H,8-9H2,1-2H3,(H4,22,23,25,26). The van der Waals surface area contributed by atoms with Crippen molar-refractivity contribution in [1.82, 2.24) is 4.72 Å². The van der Waals surface area contributed by atoms with Crippen molar-refractivity contribution >= 4 is 49.5 Å². The van der Waals surface area contributed by atoms with Crippen LogP contribution in [0.15, 0.2) is 62.2 Å². The summed E-state index contributed by atoms with van der Waals surface area (Å²) in [5, 5.41) is 0.229. The molecule has 0 amide bonds. The number of nitrogens with zero attached hydrogens (tertiary/aromatic N) is 3. The molecule has 0 saturated carbocycles. The van der Waals surface area contributed by atoms with Crippen LogP contribution in [0.5, 0.6) is 5.75 Å². The first-order valence-electron chi connectivity index (χ1n) is 9.67. The van der Waals surface area contributed by atoms with E-state index in [0.717, 1.165) is 24.3 Å². The van der Waals surface area contributed by atoms with E-state index in [2.05, 4.69) is 14.7 Å². The molecule has 2 aromatic carbocycles. The van der Waals surface area contributed by atoms with Crippen molar-refractivity contribution in [3.05, 3.63) is 47.5 Å². The van der Waals surface area contributed by atoms with Gasteiger partial charge in [0.25, 0.3) is 0 Å². The maximum atomic E-state index is 13.1. The van der Waals surface area contributed by atoms with Crippen LogP contribution in [0.3, 0.4) is 0 Å². The topological polar surface area (TPSA) is 170 Å². The van der Waals surface area contributed by atoms with Gasteiger partial charge in [0.1, 0.15) is 18.0 Å². The fourth-order valence-corrected chi connectivity index (χ4v) is 5.08. The maximum absolute atomic E-state index is 13.1. The van der Waals surface area contributed by atoms with Gasteiger partial charge in [-0.05, 0) is 50.2 Å². The summed E-state index contributed by atoms with van der Waals surface area (Å²) in [6, 6.07) is 8.78. The zero-order valence-corrected chi connectivity index (χ0v) is 20.5. The van der Waals surface area contributed by atoms with Crippen LogP contribution in [-0.2, 0) is 20.2 Å². The van der Waals surface area contributed by atoms with Crippen LogP contribution in [0.25, 0.3) is 0 Å². The molecule has 0 aromatic heterocycles. The smallest absolute Gasteiger partial charge is 0.332 e. The van der Waals surface area contributed by atoms with Crippen molar-refractivity contribution in [3.63, 3.8) is 0 Å². The number of sulfonamides is 1. The number of nitrogens with one attached hydrogen (secondary N) is 1. The Morgan fingerprint density at radius 3 is 2.41 bits per heavy atom. The normalized spacial score (nSPS) is 16.1. The van der Waals surface area contributed by atoms with Gasteiger partial charge in [0.2, 0.25) is 21.9 Å². The summed E-state index contributed by atoms with van der Waals surface area (Å²) < 4.78 is 67.7. The van der Waals surface area contributed by atoms with Crippen molar-refractivity contribution in [2.24, 2.45) is 21.5 Å². The van der Waals surface area contributed by atoms with Crippen molar-refractivity contribution < 1.29 is 25.5 Å². The predicted octanol–water partition coefficient (Wildman–Crippen LogP) is 1.54. The summed E-state index contributed by atoms with van der Waals surface area (Å²) in [5.41, 5.74) is 11.5. The highest BCUT2D eigenvalue weighted by molar-refractivity contribution is 7.89. The second-order valence-corrected chi connectivity index (χ2v) is 11.1. The summed E-state index contributed by atoms with van der Waals surface area (Å²) in [6.07, 6.45) is 0. The third kappa shape index (κ3) is 5.75. The Labute approximate surface area is 201 Å². The minimum Gasteiger partial charge on any atom is -0.491 e. The van der Waals surface area contributed by atoms with Gasteiger partial charge in [0, 0.05) is 12.2 Å². The number of halogens is 2. The largest absolute Gasteiger partial charge is 0.491 e. The van der Waals surface area contributed by atoms with Crippen LogP contribution in [-0.4, -0.2) is 47.6 Å². The molecule has 5 N–H and O–H groups in total. The number of nitrogens with two attached hydrogens (primary N) is 2. The Morgan fingerprint density at radius 1 is 1.12 bits per heavy atom. The Kier molecular flexibility index (Phi) is 7.07. The maximum Gasteiger partial charge on any atom is 0.332 e. The van der Waals surface area contributed by atoms with E-state index in [9.17, 15) is 20.7 Å². The lowest BCUT2D eigenvalue weighted by Crippen LogP contribution is -2.54. The number of benzene rings is 2. The van der Waals surface area contributed by atoms with Gasteiger partial charge >= 0.3 is 10.2 Å². The van der Waals surface area contributed by atoms with Gasteiger partial charge in [-0.2, -0.15) is 13.4 Å². The van der Waals surface area contributed by atoms with Gasteiger partial charge in [-0.15, -0.1) is 3.89 Å². The number of aliphatic imine (C=N–C) groups is 2. The number of ether oxygens (including phenoxy) is 1. The summed E-state index contributed by atoms with van der Waals surface area (Å²) in [6.45, 7) is 3.33. The highest BCUT2D eigenvalue weighted by Gasteiger charge is 2.33. The third-order valence-electron chi connectivity index (χ3n) is 4.62. The quantitative estimate of drug-likeness (QED) is 0.339. The molecule has 1 aliphatic heterocycles. The summed E-state index contributed by atoms with van der Waals surface area (Å²) >= 11 is 6.32. The lowest BCUT2D eigenvalue weighted by Gasteiger charge is -2.38. The van der Waals surface area contributed by atoms with Crippen molar-refractivity contribution in [2.45, 2.75) is 29.3 Å². The lowest BCUT2D eigenvalue weighted by molar-refractivity contribution is 0.323. The highest BCUT2D eigenvalue weighted by atomic mass is 35.5. The fourth-order valence-electron chi connectivity index (χ4n) is 3.21. The van der Waals surface area contributed by atoms with E-state index in [1.165, 1.54) is 0 Å². The highest BCUT2D eigenvalue weighted by Crippen LogP contribution is 2.33. The summed E-state index contributed by atoms with van der Waals surface area (Å²) in [7, 11) is -9.14. The Balaban J connectivity index is 1.65. The van der Waals surface area contributed by atoms with Gasteiger partial charge in [-0.3, -0.25) is 4.90 Å². The van der Waals surface area contributed by atoms with Gasteiger partial charge in [-0.25, -0.2) is 18.1 Å². The molecular weight excluding hydrogens is 511 g/mol. The molecule has 15 heteroatoms. The van der Waals surface area contributed by atoms with Crippen LogP contribution in [0.1, 0.15) is 13.8 Å². The molecule has 0 aliphatic carbocycles. The van der Waals surface area contributed by atoms with Gasteiger partial charge in [0.05, 0.1) is 14.8 Å². The number of rotatable bonds is 8. The SMILES string of the molecule is CC1(C)N=C(N)N=C(N)N1c1ccc(OCCNS(=O)(=O)c2cccc(S(=O)(=O)F)c2)c(Cl)c1. The average Bonchev–Trinajstić information content (AvgIpc) is 2.70. The molecule has 11 nitrogen and oxygen atoms in total. The molecule has 34 heavy (non-hydrogen) atoms. The average molecular weight is 533 g/mol. The molecule has 184 valence electrons. The first-order valence-corrected chi connectivity index (χ1v) is 12.9. The van der Waals surface area contributed by atoms with Gasteiger partial charge in [-0.1, -0.05) is 17.7 Å². The number of guanidine groups is 2. The first-order chi connectivity index (χ1) is 15.7. The van der Waals surface area contributed by atoms with Crippen molar-refractivity contribution in [1.29, 1.82) is 0 Å². The van der Waals surface area contributed by atoms with E-state index in [1.54, 1.807) is 36.9 Å². The molecule has 3 rings (SSSR count). The van der Waals surface area contributed by atoms with Crippen molar-refractivity contribution in [3.8, 4) is 5.75 Å². The van der Waals surface area contributed by atoms with Crippen LogP contribution < -0.4 is 25.8 Å². The molecule has 1 heterocycles. The van der Waals surface area contributed by atoms with Crippen molar-refractivity contribution in [2.75, 3.05) is 18.1 Å². The molecule has 0 unspecified atom stereocenters. The first kappa shape index (κ1) is 25.7. The molecule has 0 bridgehead atoms. The van der Waals surface area contributed by atoms with Crippen LogP contribution in [0, 0.1) is 0 Å². The molecule has 0 spiro atoms. The van der Waals surface area contributed by atoms with Crippen LogP contribution >= 0.6 is 11.6 Å². The molecule has 0 atom stereocenters. The van der Waals surface area contributed by atoms with E-state index in [-0.39, 0.29) is 35.8 Å². The minimum atomic E-state index is -5.04. The second-order valence-electron chi connectivity index (χ2n) is 7.54. The fraction of sp³-hybridized carbons (Fsp3) is 0.263. The number of anilines is 1. The zero-order chi connectivity index (χ0) is 25.3. The minimum absolute atomic E-state index is 0.0605. The Morgan fingerprint density at radius 2 is 1.79 bits per heavy atom. The molecule has 0 radical (unpaired) electrons. The van der Waals surface area contributed by atoms with E-state index in [4.69, 9.17) is 27.8 Å². The number of hydrogen-bond acceptors (Lipinski definition) is 10. The van der Waals surface area contributed by atoms with Crippen LogP contribution in [0.2, 0.25) is 5.02 Å². The second kappa shape index (κ2) is 9.37. The van der Waals surface area contributed by atoms with Gasteiger partial charge < -0.3 is 16.2 Å². The molecular formula is C19H22ClFN6O5S2. The number of hydrogen-bond donors (Lipinski definition) is 3. The lowest BCUT2D eigenvalue weighted by atomic mass is 10.1. The van der Waals surface area contributed by atoms with E-state index >= 15 is 0 Å². The van der Waals surface area contributed by atoms with E-state index < -0.39 is 35.7 Å². The molecule has 1 aliphatic rings. The molecule has 0 fully saturated rings.